The van der Waals surface area contributed by atoms with Gasteiger partial charge in [0.15, 0.2) is 0 Å². The molecular weight excluding hydrogens is 380 g/mol. The molecule has 0 bridgehead atoms. The van der Waals surface area contributed by atoms with Gasteiger partial charge >= 0.3 is 0 Å². The monoisotopic (exact) mass is 402 g/mol. The lowest BCUT2D eigenvalue weighted by atomic mass is 9.98. The van der Waals surface area contributed by atoms with Gasteiger partial charge in [-0.2, -0.15) is 0 Å². The Hall–Kier alpha value is -0.920. The van der Waals surface area contributed by atoms with E-state index >= 15 is 0 Å². The van der Waals surface area contributed by atoms with Crippen LogP contribution in [0.1, 0.15) is 25.3 Å². The van der Waals surface area contributed by atoms with E-state index in [2.05, 4.69) is 21.2 Å². The lowest BCUT2D eigenvalue weighted by Gasteiger charge is -2.30. The first-order chi connectivity index (χ1) is 10.8. The van der Waals surface area contributed by atoms with Crippen molar-refractivity contribution in [2.75, 3.05) is 19.3 Å². The van der Waals surface area contributed by atoms with Gasteiger partial charge in [0.2, 0.25) is 15.9 Å². The van der Waals surface area contributed by atoms with E-state index in [9.17, 15) is 13.2 Å². The topological polar surface area (TPSA) is 66.5 Å². The number of sulfonamides is 1. The molecule has 1 heterocycles. The molecule has 0 aliphatic carbocycles. The summed E-state index contributed by atoms with van der Waals surface area (Å²) in [6, 6.07) is 8.03. The number of piperidine rings is 1. The Labute approximate surface area is 146 Å². The van der Waals surface area contributed by atoms with Gasteiger partial charge < -0.3 is 5.32 Å². The predicted octanol–water partition coefficient (Wildman–Crippen LogP) is 2.17. The fourth-order valence-corrected chi connectivity index (χ4v) is 4.02. The summed E-state index contributed by atoms with van der Waals surface area (Å²) in [6.07, 6.45) is 3.42. The van der Waals surface area contributed by atoms with Gasteiger partial charge in [0, 0.05) is 23.6 Å². The van der Waals surface area contributed by atoms with Crippen molar-refractivity contribution in [3.05, 3.63) is 34.3 Å². The summed E-state index contributed by atoms with van der Waals surface area (Å²) in [6.45, 7) is 2.77. The van der Waals surface area contributed by atoms with Crippen molar-refractivity contribution >= 4 is 31.9 Å². The number of carbonyl (C=O) groups excluding carboxylic acids is 1. The highest BCUT2D eigenvalue weighted by Crippen LogP contribution is 2.19. The minimum Gasteiger partial charge on any atom is -0.353 e. The number of rotatable bonds is 5. The van der Waals surface area contributed by atoms with Crippen LogP contribution in [-0.2, 0) is 21.2 Å². The number of nitrogens with one attached hydrogen (secondary N) is 1. The largest absolute Gasteiger partial charge is 0.353 e. The highest BCUT2D eigenvalue weighted by atomic mass is 79.9. The maximum Gasteiger partial charge on any atom is 0.224 e. The lowest BCUT2D eigenvalue weighted by molar-refractivity contribution is -0.126. The molecule has 1 fully saturated rings. The van der Waals surface area contributed by atoms with E-state index in [1.807, 2.05) is 31.2 Å². The Morgan fingerprint density at radius 3 is 2.65 bits per heavy atom. The van der Waals surface area contributed by atoms with Crippen LogP contribution in [0, 0.1) is 5.92 Å². The molecule has 0 spiro atoms. The Bertz CT molecular complexity index is 646. The van der Waals surface area contributed by atoms with E-state index in [0.717, 1.165) is 29.3 Å². The number of halogens is 1. The van der Waals surface area contributed by atoms with E-state index < -0.39 is 10.0 Å². The molecule has 5 nitrogen and oxygen atoms in total. The molecule has 1 aromatic carbocycles. The van der Waals surface area contributed by atoms with Crippen molar-refractivity contribution in [2.24, 2.45) is 5.92 Å². The second-order valence-electron chi connectivity index (χ2n) is 6.20. The Kier molecular flexibility index (Phi) is 6.22. The van der Waals surface area contributed by atoms with E-state index in [-0.39, 0.29) is 24.4 Å². The predicted molar refractivity (Wildman–Crippen MR) is 94.6 cm³/mol. The molecule has 2 atom stereocenters. The van der Waals surface area contributed by atoms with E-state index in [4.69, 9.17) is 0 Å². The zero-order valence-corrected chi connectivity index (χ0v) is 15.9. The van der Waals surface area contributed by atoms with Crippen LogP contribution in [0.15, 0.2) is 28.7 Å². The summed E-state index contributed by atoms with van der Waals surface area (Å²) in [5.41, 5.74) is 1.16. The van der Waals surface area contributed by atoms with Crippen molar-refractivity contribution in [3.63, 3.8) is 0 Å². The molecule has 0 radical (unpaired) electrons. The molecule has 128 valence electrons. The highest BCUT2D eigenvalue weighted by molar-refractivity contribution is 9.10. The molecule has 1 aliphatic heterocycles. The van der Waals surface area contributed by atoms with Crippen LogP contribution in [-0.4, -0.2) is 44.0 Å². The Morgan fingerprint density at radius 2 is 2.04 bits per heavy atom. The van der Waals surface area contributed by atoms with Crippen LogP contribution in [0.5, 0.6) is 0 Å². The highest BCUT2D eigenvalue weighted by Gasteiger charge is 2.30. The average molecular weight is 403 g/mol. The molecule has 7 heteroatoms. The van der Waals surface area contributed by atoms with Gasteiger partial charge in [-0.1, -0.05) is 28.1 Å². The minimum absolute atomic E-state index is 0.0114. The van der Waals surface area contributed by atoms with E-state index in [0.29, 0.717) is 6.54 Å². The summed E-state index contributed by atoms with van der Waals surface area (Å²) in [7, 11) is -3.22. The molecule has 23 heavy (non-hydrogen) atoms. The van der Waals surface area contributed by atoms with Gasteiger partial charge in [-0.15, -0.1) is 0 Å². The molecule has 0 aromatic heterocycles. The minimum atomic E-state index is -3.22. The van der Waals surface area contributed by atoms with Gasteiger partial charge in [0.1, 0.15) is 0 Å². The van der Waals surface area contributed by atoms with Gasteiger partial charge in [0.25, 0.3) is 0 Å². The second-order valence-corrected chi connectivity index (χ2v) is 9.10. The number of benzene rings is 1. The molecule has 2 rings (SSSR count). The van der Waals surface area contributed by atoms with Gasteiger partial charge in [-0.3, -0.25) is 4.79 Å². The summed E-state index contributed by atoms with van der Waals surface area (Å²) < 4.78 is 25.7. The quantitative estimate of drug-likeness (QED) is 0.820. The van der Waals surface area contributed by atoms with Crippen LogP contribution < -0.4 is 5.32 Å². The molecule has 1 amide bonds. The van der Waals surface area contributed by atoms with Crippen LogP contribution in [0.4, 0.5) is 0 Å². The third-order valence-electron chi connectivity index (χ3n) is 4.07. The standard InChI is InChI=1S/C16H23BrN2O3S/c1-12(10-13-5-7-15(17)8-6-13)18-16(20)14-4-3-9-19(11-14)23(2,21)22/h5-8,12,14H,3-4,9-11H2,1-2H3,(H,18,20). The number of nitrogens with zero attached hydrogens (tertiary/aromatic N) is 1. The third-order valence-corrected chi connectivity index (χ3v) is 5.87. The zero-order chi connectivity index (χ0) is 17.0. The second kappa shape index (κ2) is 7.77. The van der Waals surface area contributed by atoms with Gasteiger partial charge in [-0.25, -0.2) is 12.7 Å². The third kappa shape index (κ3) is 5.58. The van der Waals surface area contributed by atoms with Crippen LogP contribution in [0.2, 0.25) is 0 Å². The summed E-state index contributed by atoms with van der Waals surface area (Å²) >= 11 is 3.40. The Morgan fingerprint density at radius 1 is 1.39 bits per heavy atom. The number of amides is 1. The normalized spacial score (nSPS) is 20.9. The molecule has 1 N–H and O–H groups in total. The first-order valence-corrected chi connectivity index (χ1v) is 10.4. The molecule has 1 aliphatic rings. The zero-order valence-electron chi connectivity index (χ0n) is 13.5. The number of hydrogen-bond acceptors (Lipinski definition) is 3. The fourth-order valence-electron chi connectivity index (χ4n) is 2.84. The molecule has 0 saturated carbocycles. The van der Waals surface area contributed by atoms with Crippen molar-refractivity contribution in [2.45, 2.75) is 32.2 Å². The summed E-state index contributed by atoms with van der Waals surface area (Å²) in [5.74, 6) is -0.311. The lowest BCUT2D eigenvalue weighted by Crippen LogP contribution is -2.47. The van der Waals surface area contributed by atoms with Crippen molar-refractivity contribution in [1.29, 1.82) is 0 Å². The number of hydrogen-bond donors (Lipinski definition) is 1. The summed E-state index contributed by atoms with van der Waals surface area (Å²) in [5, 5.41) is 3.01. The SMILES string of the molecule is CC(Cc1ccc(Br)cc1)NC(=O)C1CCCN(S(C)(=O)=O)C1. The van der Waals surface area contributed by atoms with Crippen molar-refractivity contribution in [3.8, 4) is 0 Å². The molecule has 1 aromatic rings. The average Bonchev–Trinajstić information content (AvgIpc) is 2.49. The van der Waals surface area contributed by atoms with Gasteiger partial charge in [0.05, 0.1) is 12.2 Å². The molecule has 1 saturated heterocycles. The van der Waals surface area contributed by atoms with Crippen molar-refractivity contribution in [1.82, 2.24) is 9.62 Å². The first-order valence-electron chi connectivity index (χ1n) is 7.75. The van der Waals surface area contributed by atoms with Crippen molar-refractivity contribution < 1.29 is 13.2 Å². The summed E-state index contributed by atoms with van der Waals surface area (Å²) in [4.78, 5) is 12.4. The number of carbonyl (C=O) groups is 1. The smallest absolute Gasteiger partial charge is 0.224 e. The van der Waals surface area contributed by atoms with Crippen LogP contribution in [0.25, 0.3) is 0 Å². The molecular formula is C16H23BrN2O3S. The van der Waals surface area contributed by atoms with Gasteiger partial charge in [-0.05, 0) is 43.9 Å². The maximum absolute atomic E-state index is 12.4. The van der Waals surface area contributed by atoms with E-state index in [1.165, 1.54) is 10.6 Å². The Balaban J connectivity index is 1.89. The first kappa shape index (κ1) is 18.4. The van der Waals surface area contributed by atoms with E-state index in [1.54, 1.807) is 0 Å². The maximum atomic E-state index is 12.4. The molecule has 2 unspecified atom stereocenters. The fraction of sp³-hybridized carbons (Fsp3) is 0.562. The van der Waals surface area contributed by atoms with Crippen LogP contribution >= 0.6 is 15.9 Å². The van der Waals surface area contributed by atoms with Crippen LogP contribution in [0.3, 0.4) is 0 Å².